The summed E-state index contributed by atoms with van der Waals surface area (Å²) in [5.74, 6) is 1.18. The molecule has 4 heteroatoms. The van der Waals surface area contributed by atoms with Gasteiger partial charge in [-0.2, -0.15) is 0 Å². The number of aromatic nitrogens is 2. The molecule has 0 radical (unpaired) electrons. The normalized spacial score (nSPS) is 10.9. The zero-order chi connectivity index (χ0) is 16.8. The van der Waals surface area contributed by atoms with E-state index in [0.29, 0.717) is 13.0 Å². The second kappa shape index (κ2) is 7.77. The minimum Gasteiger partial charge on any atom is -0.356 e. The van der Waals surface area contributed by atoms with Gasteiger partial charge in [0.15, 0.2) is 0 Å². The second-order valence-corrected chi connectivity index (χ2v) is 6.01. The molecule has 24 heavy (non-hydrogen) atoms. The molecule has 3 aromatic rings. The molecule has 0 bridgehead atoms. The van der Waals surface area contributed by atoms with Crippen LogP contribution in [0, 0.1) is 0 Å². The van der Waals surface area contributed by atoms with E-state index >= 15 is 0 Å². The first-order valence-corrected chi connectivity index (χ1v) is 8.45. The summed E-state index contributed by atoms with van der Waals surface area (Å²) >= 11 is 0. The van der Waals surface area contributed by atoms with Gasteiger partial charge in [0.05, 0.1) is 11.0 Å². The van der Waals surface area contributed by atoms with E-state index in [1.165, 1.54) is 5.56 Å². The Bertz CT molecular complexity index is 808. The van der Waals surface area contributed by atoms with Gasteiger partial charge >= 0.3 is 0 Å². The maximum Gasteiger partial charge on any atom is 0.220 e. The maximum atomic E-state index is 11.9. The van der Waals surface area contributed by atoms with Gasteiger partial charge in [0.1, 0.15) is 5.82 Å². The first-order valence-electron chi connectivity index (χ1n) is 8.45. The molecule has 0 aliphatic rings. The number of rotatable bonds is 7. The Hall–Kier alpha value is -2.62. The lowest BCUT2D eigenvalue weighted by Gasteiger charge is -2.06. The summed E-state index contributed by atoms with van der Waals surface area (Å²) in [6.07, 6.45) is 3.09. The third-order valence-corrected chi connectivity index (χ3v) is 4.26. The van der Waals surface area contributed by atoms with E-state index in [2.05, 4.69) is 33.1 Å². The molecule has 124 valence electrons. The van der Waals surface area contributed by atoms with E-state index in [0.717, 1.165) is 36.1 Å². The fourth-order valence-electron chi connectivity index (χ4n) is 2.88. The standard InChI is InChI=1S/C20H23N3O/c1-23-18-11-6-5-10-17(18)22-19(23)12-7-15-21-20(24)14-13-16-8-3-2-4-9-16/h2-6,8-11H,7,12-15H2,1H3,(H,21,24). The fourth-order valence-corrected chi connectivity index (χ4v) is 2.88. The molecule has 0 aliphatic carbocycles. The molecule has 2 aromatic carbocycles. The lowest BCUT2D eigenvalue weighted by Crippen LogP contribution is -2.25. The summed E-state index contributed by atoms with van der Waals surface area (Å²) in [4.78, 5) is 16.6. The molecular formula is C20H23N3O. The molecule has 1 N–H and O–H groups in total. The van der Waals surface area contributed by atoms with Crippen molar-refractivity contribution in [2.75, 3.05) is 6.54 Å². The smallest absolute Gasteiger partial charge is 0.220 e. The van der Waals surface area contributed by atoms with Crippen molar-refractivity contribution in [2.45, 2.75) is 25.7 Å². The molecule has 0 fully saturated rings. The van der Waals surface area contributed by atoms with Crippen molar-refractivity contribution >= 4 is 16.9 Å². The first-order chi connectivity index (χ1) is 11.7. The Labute approximate surface area is 142 Å². The number of para-hydroxylation sites is 2. The van der Waals surface area contributed by atoms with Crippen molar-refractivity contribution in [1.29, 1.82) is 0 Å². The van der Waals surface area contributed by atoms with Gasteiger partial charge in [0.2, 0.25) is 5.91 Å². The highest BCUT2D eigenvalue weighted by atomic mass is 16.1. The summed E-state index contributed by atoms with van der Waals surface area (Å²) in [6, 6.07) is 18.3. The van der Waals surface area contributed by atoms with E-state index < -0.39 is 0 Å². The lowest BCUT2D eigenvalue weighted by atomic mass is 10.1. The minimum absolute atomic E-state index is 0.115. The van der Waals surface area contributed by atoms with Crippen molar-refractivity contribution in [3.63, 3.8) is 0 Å². The van der Waals surface area contributed by atoms with E-state index in [1.54, 1.807) is 0 Å². The number of hydrogen-bond acceptors (Lipinski definition) is 2. The van der Waals surface area contributed by atoms with E-state index in [4.69, 9.17) is 0 Å². The Morgan fingerprint density at radius 3 is 2.58 bits per heavy atom. The predicted molar refractivity (Wildman–Crippen MR) is 96.8 cm³/mol. The second-order valence-electron chi connectivity index (χ2n) is 6.01. The van der Waals surface area contributed by atoms with Crippen LogP contribution in [0.15, 0.2) is 54.6 Å². The number of carbonyl (C=O) groups excluding carboxylic acids is 1. The van der Waals surface area contributed by atoms with Gasteiger partial charge in [-0.15, -0.1) is 0 Å². The summed E-state index contributed by atoms with van der Waals surface area (Å²) in [7, 11) is 2.04. The Balaban J connectivity index is 1.41. The molecule has 0 atom stereocenters. The van der Waals surface area contributed by atoms with E-state index in [-0.39, 0.29) is 5.91 Å². The highest BCUT2D eigenvalue weighted by Crippen LogP contribution is 2.15. The highest BCUT2D eigenvalue weighted by Gasteiger charge is 2.07. The van der Waals surface area contributed by atoms with Crippen LogP contribution in [-0.4, -0.2) is 22.0 Å². The summed E-state index contributed by atoms with van der Waals surface area (Å²) in [5.41, 5.74) is 3.38. The van der Waals surface area contributed by atoms with Crippen LogP contribution in [0.1, 0.15) is 24.2 Å². The van der Waals surface area contributed by atoms with E-state index in [9.17, 15) is 4.79 Å². The Kier molecular flexibility index (Phi) is 5.26. The maximum absolute atomic E-state index is 11.9. The predicted octanol–water partition coefficient (Wildman–Crippen LogP) is 3.25. The molecule has 3 rings (SSSR count). The zero-order valence-electron chi connectivity index (χ0n) is 14.0. The van der Waals surface area contributed by atoms with Gasteiger partial charge < -0.3 is 9.88 Å². The topological polar surface area (TPSA) is 46.9 Å². The Morgan fingerprint density at radius 1 is 1.04 bits per heavy atom. The number of nitrogens with one attached hydrogen (secondary N) is 1. The van der Waals surface area contributed by atoms with Crippen LogP contribution in [0.5, 0.6) is 0 Å². The van der Waals surface area contributed by atoms with Crippen LogP contribution < -0.4 is 5.32 Å². The highest BCUT2D eigenvalue weighted by molar-refractivity contribution is 5.76. The minimum atomic E-state index is 0.115. The molecule has 0 spiro atoms. The van der Waals surface area contributed by atoms with Gasteiger partial charge in [0.25, 0.3) is 0 Å². The zero-order valence-corrected chi connectivity index (χ0v) is 14.0. The average Bonchev–Trinajstić information content (AvgIpc) is 2.94. The lowest BCUT2D eigenvalue weighted by molar-refractivity contribution is -0.121. The number of aryl methyl sites for hydroxylation is 3. The van der Waals surface area contributed by atoms with Gasteiger partial charge in [-0.05, 0) is 30.5 Å². The van der Waals surface area contributed by atoms with E-state index in [1.807, 2.05) is 43.4 Å². The number of fused-ring (bicyclic) bond motifs is 1. The summed E-state index contributed by atoms with van der Waals surface area (Å²) in [6.45, 7) is 0.691. The molecule has 0 aliphatic heterocycles. The number of imidazole rings is 1. The summed E-state index contributed by atoms with van der Waals surface area (Å²) in [5, 5.41) is 3.00. The third kappa shape index (κ3) is 4.02. The molecule has 4 nitrogen and oxygen atoms in total. The monoisotopic (exact) mass is 321 g/mol. The van der Waals surface area contributed by atoms with Crippen molar-refractivity contribution in [3.05, 3.63) is 66.0 Å². The number of nitrogens with zero attached hydrogens (tertiary/aromatic N) is 2. The van der Waals surface area contributed by atoms with Crippen LogP contribution in [0.4, 0.5) is 0 Å². The van der Waals surface area contributed by atoms with Crippen LogP contribution in [-0.2, 0) is 24.7 Å². The Morgan fingerprint density at radius 2 is 1.79 bits per heavy atom. The van der Waals surface area contributed by atoms with Crippen molar-refractivity contribution in [1.82, 2.24) is 14.9 Å². The van der Waals surface area contributed by atoms with Crippen LogP contribution in [0.25, 0.3) is 11.0 Å². The molecular weight excluding hydrogens is 298 g/mol. The summed E-state index contributed by atoms with van der Waals surface area (Å²) < 4.78 is 2.13. The van der Waals surface area contributed by atoms with Gasteiger partial charge in [-0.3, -0.25) is 4.79 Å². The van der Waals surface area contributed by atoms with Gasteiger partial charge in [-0.1, -0.05) is 42.5 Å². The average molecular weight is 321 g/mol. The number of hydrogen-bond donors (Lipinski definition) is 1. The van der Waals surface area contributed by atoms with Crippen LogP contribution >= 0.6 is 0 Å². The number of amides is 1. The van der Waals surface area contributed by atoms with Crippen molar-refractivity contribution in [3.8, 4) is 0 Å². The van der Waals surface area contributed by atoms with Crippen molar-refractivity contribution < 1.29 is 4.79 Å². The molecule has 0 saturated heterocycles. The van der Waals surface area contributed by atoms with Gasteiger partial charge in [-0.25, -0.2) is 4.98 Å². The molecule has 0 saturated carbocycles. The van der Waals surface area contributed by atoms with Crippen LogP contribution in [0.3, 0.4) is 0 Å². The van der Waals surface area contributed by atoms with Gasteiger partial charge in [0, 0.05) is 26.4 Å². The van der Waals surface area contributed by atoms with Crippen molar-refractivity contribution in [2.24, 2.45) is 7.05 Å². The molecule has 1 aromatic heterocycles. The number of carbonyl (C=O) groups is 1. The largest absolute Gasteiger partial charge is 0.356 e. The molecule has 1 amide bonds. The fraction of sp³-hybridized carbons (Fsp3) is 0.300. The molecule has 0 unspecified atom stereocenters. The quantitative estimate of drug-likeness (QED) is 0.679. The van der Waals surface area contributed by atoms with Crippen LogP contribution in [0.2, 0.25) is 0 Å². The number of benzene rings is 2. The first kappa shape index (κ1) is 16.2. The molecule has 1 heterocycles. The SMILES string of the molecule is Cn1c(CCCNC(=O)CCc2ccccc2)nc2ccccc21. The third-order valence-electron chi connectivity index (χ3n) is 4.26.